The van der Waals surface area contributed by atoms with Gasteiger partial charge in [0.05, 0.1) is 0 Å². The van der Waals surface area contributed by atoms with E-state index in [1.807, 2.05) is 12.1 Å². The Bertz CT molecular complexity index is 329. The Kier molecular flexibility index (Phi) is 3.03. The molecule has 0 aromatic heterocycles. The largest absolute Gasteiger partial charge is 0.396 e. The molecule has 1 saturated carbocycles. The predicted molar refractivity (Wildman–Crippen MR) is 63.1 cm³/mol. The van der Waals surface area contributed by atoms with Gasteiger partial charge in [-0.25, -0.2) is 0 Å². The number of benzene rings is 1. The summed E-state index contributed by atoms with van der Waals surface area (Å²) in [6, 6.07) is 7.94. The normalized spacial score (nSPS) is 19.9. The van der Waals surface area contributed by atoms with E-state index in [1.165, 1.54) is 18.4 Å². The maximum Gasteiger partial charge on any atom is 0.0490 e. The molecule has 0 spiro atoms. The highest BCUT2D eigenvalue weighted by atomic mass is 35.5. The number of halogens is 1. The zero-order valence-corrected chi connectivity index (χ0v) is 9.80. The van der Waals surface area contributed by atoms with Crippen LogP contribution in [0.4, 0.5) is 0 Å². The molecule has 1 atom stereocenters. The van der Waals surface area contributed by atoms with E-state index in [0.29, 0.717) is 5.92 Å². The van der Waals surface area contributed by atoms with Crippen molar-refractivity contribution in [1.82, 2.24) is 0 Å². The minimum Gasteiger partial charge on any atom is -0.396 e. The van der Waals surface area contributed by atoms with Crippen LogP contribution in [0.3, 0.4) is 0 Å². The lowest BCUT2D eigenvalue weighted by Crippen LogP contribution is -2.26. The first-order chi connectivity index (χ1) is 7.14. The zero-order chi connectivity index (χ0) is 10.9. The second-order valence-electron chi connectivity index (χ2n) is 4.89. The van der Waals surface area contributed by atoms with Crippen molar-refractivity contribution >= 4 is 11.6 Å². The van der Waals surface area contributed by atoms with Gasteiger partial charge in [-0.2, -0.15) is 0 Å². The summed E-state index contributed by atoms with van der Waals surface area (Å²) in [5.74, 6) is 0.707. The fraction of sp³-hybridized carbons (Fsp3) is 0.538. The zero-order valence-electron chi connectivity index (χ0n) is 9.04. The molecule has 1 fully saturated rings. The van der Waals surface area contributed by atoms with E-state index in [4.69, 9.17) is 11.6 Å². The molecular weight excluding hydrogens is 208 g/mol. The number of hydrogen-bond donors (Lipinski definition) is 1. The van der Waals surface area contributed by atoms with Gasteiger partial charge < -0.3 is 5.11 Å². The molecule has 0 amide bonds. The summed E-state index contributed by atoms with van der Waals surface area (Å²) in [5, 5.41) is 10.3. The fourth-order valence-corrected chi connectivity index (χ4v) is 2.30. The van der Waals surface area contributed by atoms with Gasteiger partial charge in [-0.05, 0) is 48.3 Å². The molecule has 1 aromatic rings. The first kappa shape index (κ1) is 11.0. The number of rotatable bonds is 4. The molecule has 82 valence electrons. The highest BCUT2D eigenvalue weighted by Gasteiger charge is 2.40. The van der Waals surface area contributed by atoms with Crippen molar-refractivity contribution in [3.05, 3.63) is 34.9 Å². The topological polar surface area (TPSA) is 20.2 Å². The van der Waals surface area contributed by atoms with Crippen LogP contribution in [0, 0.1) is 11.3 Å². The number of hydrogen-bond acceptors (Lipinski definition) is 1. The van der Waals surface area contributed by atoms with Crippen molar-refractivity contribution < 1.29 is 5.11 Å². The third-order valence-electron chi connectivity index (χ3n) is 3.45. The predicted octanol–water partition coefficient (Wildman–Crippen LogP) is 3.29. The van der Waals surface area contributed by atoms with Crippen molar-refractivity contribution in [2.75, 3.05) is 6.61 Å². The highest BCUT2D eigenvalue weighted by molar-refractivity contribution is 6.30. The molecule has 1 nitrogen and oxygen atoms in total. The molecule has 0 aliphatic heterocycles. The van der Waals surface area contributed by atoms with Gasteiger partial charge in [-0.3, -0.25) is 0 Å². The molecule has 1 N–H and O–H groups in total. The van der Waals surface area contributed by atoms with Gasteiger partial charge in [0.15, 0.2) is 0 Å². The molecule has 1 aliphatic rings. The Balaban J connectivity index is 2.09. The SMILES string of the molecule is CC(CO)(Cc1ccc(Cl)cc1)C1CC1. The summed E-state index contributed by atoms with van der Waals surface area (Å²) in [6.07, 6.45) is 3.49. The van der Waals surface area contributed by atoms with E-state index in [2.05, 4.69) is 19.1 Å². The monoisotopic (exact) mass is 224 g/mol. The van der Waals surface area contributed by atoms with Crippen LogP contribution < -0.4 is 0 Å². The van der Waals surface area contributed by atoms with Gasteiger partial charge in [0, 0.05) is 11.6 Å². The maximum atomic E-state index is 9.49. The first-order valence-electron chi connectivity index (χ1n) is 5.49. The number of aliphatic hydroxyl groups is 1. The summed E-state index contributed by atoms with van der Waals surface area (Å²) in [5.41, 5.74) is 1.33. The third-order valence-corrected chi connectivity index (χ3v) is 3.70. The minimum absolute atomic E-state index is 0.0633. The van der Waals surface area contributed by atoms with Crippen LogP contribution >= 0.6 is 11.6 Å². The van der Waals surface area contributed by atoms with E-state index in [-0.39, 0.29) is 12.0 Å². The van der Waals surface area contributed by atoms with E-state index in [0.717, 1.165) is 11.4 Å². The molecule has 2 heteroatoms. The van der Waals surface area contributed by atoms with Crippen LogP contribution in [-0.2, 0) is 6.42 Å². The van der Waals surface area contributed by atoms with Gasteiger partial charge in [-0.15, -0.1) is 0 Å². The van der Waals surface area contributed by atoms with Crippen molar-refractivity contribution in [3.63, 3.8) is 0 Å². The molecule has 0 radical (unpaired) electrons. The van der Waals surface area contributed by atoms with Gasteiger partial charge in [0.1, 0.15) is 0 Å². The van der Waals surface area contributed by atoms with E-state index in [9.17, 15) is 5.11 Å². The van der Waals surface area contributed by atoms with Gasteiger partial charge in [0.2, 0.25) is 0 Å². The molecular formula is C13H17ClO. The molecule has 0 bridgehead atoms. The Morgan fingerprint density at radius 3 is 2.40 bits per heavy atom. The standard InChI is InChI=1S/C13H17ClO/c1-13(9-15,11-4-5-11)8-10-2-6-12(14)7-3-10/h2-3,6-7,11,15H,4-5,8-9H2,1H3. The Morgan fingerprint density at radius 1 is 1.33 bits per heavy atom. The summed E-state index contributed by atoms with van der Waals surface area (Å²) >= 11 is 5.84. The molecule has 1 aliphatic carbocycles. The second-order valence-corrected chi connectivity index (χ2v) is 5.33. The molecule has 0 heterocycles. The van der Waals surface area contributed by atoms with Crippen LogP contribution in [0.1, 0.15) is 25.3 Å². The van der Waals surface area contributed by atoms with Crippen LogP contribution in [0.25, 0.3) is 0 Å². The van der Waals surface area contributed by atoms with E-state index >= 15 is 0 Å². The average molecular weight is 225 g/mol. The minimum atomic E-state index is 0.0633. The Labute approximate surface area is 96.1 Å². The van der Waals surface area contributed by atoms with Gasteiger partial charge in [0.25, 0.3) is 0 Å². The quantitative estimate of drug-likeness (QED) is 0.832. The molecule has 15 heavy (non-hydrogen) atoms. The highest BCUT2D eigenvalue weighted by Crippen LogP contribution is 2.47. The summed E-state index contributed by atoms with van der Waals surface area (Å²) < 4.78 is 0. The lowest BCUT2D eigenvalue weighted by molar-refractivity contribution is 0.119. The summed E-state index contributed by atoms with van der Waals surface area (Å²) in [4.78, 5) is 0. The van der Waals surface area contributed by atoms with Crippen LogP contribution in [0.5, 0.6) is 0 Å². The van der Waals surface area contributed by atoms with Gasteiger partial charge >= 0.3 is 0 Å². The maximum absolute atomic E-state index is 9.49. The lowest BCUT2D eigenvalue weighted by Gasteiger charge is -2.27. The molecule has 2 rings (SSSR count). The van der Waals surface area contributed by atoms with Crippen molar-refractivity contribution in [2.24, 2.45) is 11.3 Å². The van der Waals surface area contributed by atoms with Crippen LogP contribution in [-0.4, -0.2) is 11.7 Å². The van der Waals surface area contributed by atoms with Crippen molar-refractivity contribution in [1.29, 1.82) is 0 Å². The van der Waals surface area contributed by atoms with Crippen molar-refractivity contribution in [2.45, 2.75) is 26.2 Å². The van der Waals surface area contributed by atoms with Gasteiger partial charge in [-0.1, -0.05) is 30.7 Å². The summed E-state index contributed by atoms with van der Waals surface area (Å²) in [6.45, 7) is 2.46. The van der Waals surface area contributed by atoms with E-state index < -0.39 is 0 Å². The molecule has 1 aromatic carbocycles. The fourth-order valence-electron chi connectivity index (χ4n) is 2.18. The molecule has 0 saturated heterocycles. The van der Waals surface area contributed by atoms with Crippen molar-refractivity contribution in [3.8, 4) is 0 Å². The van der Waals surface area contributed by atoms with Crippen LogP contribution in [0.2, 0.25) is 5.02 Å². The lowest BCUT2D eigenvalue weighted by atomic mass is 9.80. The number of aliphatic hydroxyl groups excluding tert-OH is 1. The van der Waals surface area contributed by atoms with Crippen LogP contribution in [0.15, 0.2) is 24.3 Å². The third kappa shape index (κ3) is 2.53. The smallest absolute Gasteiger partial charge is 0.0490 e. The molecule has 1 unspecified atom stereocenters. The Morgan fingerprint density at radius 2 is 1.93 bits per heavy atom. The Hall–Kier alpha value is -0.530. The summed E-state index contributed by atoms with van der Waals surface area (Å²) in [7, 11) is 0. The first-order valence-corrected chi connectivity index (χ1v) is 5.87. The second kappa shape index (κ2) is 4.15. The average Bonchev–Trinajstić information content (AvgIpc) is 3.05. The van der Waals surface area contributed by atoms with E-state index in [1.54, 1.807) is 0 Å².